The molecule has 0 unspecified atom stereocenters. The summed E-state index contributed by atoms with van der Waals surface area (Å²) in [5, 5.41) is 6.67. The Morgan fingerprint density at radius 3 is 0.881 bits per heavy atom. The molecule has 4 heteroatoms. The Kier molecular flexibility index (Phi) is 14.5. The number of carbonyl (C=O) groups is 2. The molecule has 2 aliphatic carbocycles. The zero-order chi connectivity index (χ0) is 29.2. The quantitative estimate of drug-likeness (QED) is 0.374. The SMILES string of the molecule is O=C(NC1CCCCCCCCCCC1)c1ccc(-c2ccc(C(=O)NC3CCCCCCCCCCC3)cc2)cc1. The highest BCUT2D eigenvalue weighted by Gasteiger charge is 2.16. The van der Waals surface area contributed by atoms with Crippen LogP contribution in [0.4, 0.5) is 0 Å². The van der Waals surface area contributed by atoms with Crippen molar-refractivity contribution in [1.29, 1.82) is 0 Å². The van der Waals surface area contributed by atoms with Gasteiger partial charge in [-0.1, -0.05) is 140 Å². The van der Waals surface area contributed by atoms with E-state index in [9.17, 15) is 9.59 Å². The van der Waals surface area contributed by atoms with Gasteiger partial charge in [0.2, 0.25) is 0 Å². The first kappa shape index (κ1) is 32.3. The third-order valence-electron chi connectivity index (χ3n) is 9.51. The van der Waals surface area contributed by atoms with Crippen LogP contribution in [-0.4, -0.2) is 23.9 Å². The van der Waals surface area contributed by atoms with E-state index in [0.717, 1.165) is 47.9 Å². The predicted octanol–water partition coefficient (Wildman–Crippen LogP) is 10.2. The molecule has 2 amide bonds. The summed E-state index contributed by atoms with van der Waals surface area (Å²) in [6.45, 7) is 0. The molecule has 2 aromatic carbocycles. The molecule has 42 heavy (non-hydrogen) atoms. The summed E-state index contributed by atoms with van der Waals surface area (Å²) in [5.74, 6) is 0.0785. The molecule has 0 radical (unpaired) electrons. The standard InChI is InChI=1S/C38H56N2O2/c41-37(39-35-19-15-11-7-3-1-4-8-12-16-20-35)33-27-23-31(24-28-33)32-25-29-34(30-26-32)38(42)40-36-21-17-13-9-5-2-6-10-14-18-22-36/h23-30,35-36H,1-22H2,(H,39,41)(H,40,42). The van der Waals surface area contributed by atoms with Crippen LogP contribution < -0.4 is 10.6 Å². The molecule has 230 valence electrons. The molecule has 0 heterocycles. The van der Waals surface area contributed by atoms with Crippen LogP contribution in [0, 0.1) is 0 Å². The van der Waals surface area contributed by atoms with Crippen molar-refractivity contribution in [2.24, 2.45) is 0 Å². The highest BCUT2D eigenvalue weighted by Crippen LogP contribution is 2.23. The number of amides is 2. The summed E-state index contributed by atoms with van der Waals surface area (Å²) < 4.78 is 0. The molecule has 0 atom stereocenters. The molecule has 0 bridgehead atoms. The van der Waals surface area contributed by atoms with Gasteiger partial charge in [-0.15, -0.1) is 0 Å². The minimum absolute atomic E-state index is 0.0392. The zero-order valence-corrected chi connectivity index (χ0v) is 26.1. The highest BCUT2D eigenvalue weighted by molar-refractivity contribution is 5.96. The molecule has 2 saturated carbocycles. The minimum Gasteiger partial charge on any atom is -0.349 e. The number of hydrogen-bond acceptors (Lipinski definition) is 2. The molecular weight excluding hydrogens is 516 g/mol. The topological polar surface area (TPSA) is 58.2 Å². The summed E-state index contributed by atoms with van der Waals surface area (Å²) in [4.78, 5) is 26.1. The monoisotopic (exact) mass is 572 g/mol. The molecule has 2 fully saturated rings. The molecule has 2 aromatic rings. The fraction of sp³-hybridized carbons (Fsp3) is 0.632. The first-order valence-electron chi connectivity index (χ1n) is 17.5. The Morgan fingerprint density at radius 1 is 0.381 bits per heavy atom. The Bertz CT molecular complexity index is 936. The van der Waals surface area contributed by atoms with Crippen LogP contribution in [0.15, 0.2) is 48.5 Å². The highest BCUT2D eigenvalue weighted by atomic mass is 16.2. The Labute approximate surface area is 255 Å². The van der Waals surface area contributed by atoms with Crippen LogP contribution in [0.1, 0.15) is 162 Å². The van der Waals surface area contributed by atoms with Gasteiger partial charge in [0.25, 0.3) is 11.8 Å². The molecule has 2 N–H and O–H groups in total. The third-order valence-corrected chi connectivity index (χ3v) is 9.51. The maximum Gasteiger partial charge on any atom is 0.251 e. The second kappa shape index (κ2) is 18.8. The van der Waals surface area contributed by atoms with Gasteiger partial charge < -0.3 is 10.6 Å². The molecule has 4 nitrogen and oxygen atoms in total. The van der Waals surface area contributed by atoms with Crippen molar-refractivity contribution in [3.05, 3.63) is 59.7 Å². The lowest BCUT2D eigenvalue weighted by Crippen LogP contribution is -2.35. The van der Waals surface area contributed by atoms with E-state index in [0.29, 0.717) is 0 Å². The first-order valence-corrected chi connectivity index (χ1v) is 17.5. The van der Waals surface area contributed by atoms with E-state index in [1.807, 2.05) is 48.5 Å². The van der Waals surface area contributed by atoms with Gasteiger partial charge in [-0.25, -0.2) is 0 Å². The van der Waals surface area contributed by atoms with Crippen molar-refractivity contribution in [2.45, 2.75) is 153 Å². The van der Waals surface area contributed by atoms with Crippen molar-refractivity contribution < 1.29 is 9.59 Å². The van der Waals surface area contributed by atoms with Crippen LogP contribution in [0.25, 0.3) is 11.1 Å². The lowest BCUT2D eigenvalue weighted by Gasteiger charge is -2.20. The average molecular weight is 573 g/mol. The molecule has 4 rings (SSSR count). The van der Waals surface area contributed by atoms with E-state index >= 15 is 0 Å². The molecule has 0 spiro atoms. The Morgan fingerprint density at radius 2 is 0.619 bits per heavy atom. The molecule has 0 aromatic heterocycles. The van der Waals surface area contributed by atoms with Crippen LogP contribution in [0.3, 0.4) is 0 Å². The van der Waals surface area contributed by atoms with Crippen molar-refractivity contribution >= 4 is 11.8 Å². The number of nitrogens with one attached hydrogen (secondary N) is 2. The predicted molar refractivity (Wildman–Crippen MR) is 176 cm³/mol. The van der Waals surface area contributed by atoms with E-state index in [1.54, 1.807) is 0 Å². The normalized spacial score (nSPS) is 19.7. The molecule has 0 aliphatic heterocycles. The zero-order valence-electron chi connectivity index (χ0n) is 26.1. The largest absolute Gasteiger partial charge is 0.349 e. The van der Waals surface area contributed by atoms with Gasteiger partial charge in [-0.2, -0.15) is 0 Å². The summed E-state index contributed by atoms with van der Waals surface area (Å²) in [7, 11) is 0. The molecular formula is C38H56N2O2. The van der Waals surface area contributed by atoms with Gasteiger partial charge in [0.05, 0.1) is 0 Å². The number of benzene rings is 2. The summed E-state index contributed by atoms with van der Waals surface area (Å²) in [6.07, 6.45) is 27.8. The number of carbonyl (C=O) groups excluding carboxylic acids is 2. The van der Waals surface area contributed by atoms with E-state index in [4.69, 9.17) is 0 Å². The van der Waals surface area contributed by atoms with Crippen molar-refractivity contribution in [2.75, 3.05) is 0 Å². The number of rotatable bonds is 5. The lowest BCUT2D eigenvalue weighted by atomic mass is 9.97. The van der Waals surface area contributed by atoms with Crippen LogP contribution in [0.5, 0.6) is 0 Å². The van der Waals surface area contributed by atoms with Crippen LogP contribution in [0.2, 0.25) is 0 Å². The fourth-order valence-corrected chi connectivity index (χ4v) is 6.78. The second-order valence-corrected chi connectivity index (χ2v) is 13.0. The van der Waals surface area contributed by atoms with Gasteiger partial charge in [-0.05, 0) is 61.1 Å². The van der Waals surface area contributed by atoms with Gasteiger partial charge in [0.1, 0.15) is 0 Å². The van der Waals surface area contributed by atoms with Crippen molar-refractivity contribution in [3.8, 4) is 11.1 Å². The Balaban J connectivity index is 1.28. The van der Waals surface area contributed by atoms with E-state index in [-0.39, 0.29) is 23.9 Å². The summed E-state index contributed by atoms with van der Waals surface area (Å²) >= 11 is 0. The lowest BCUT2D eigenvalue weighted by molar-refractivity contribution is 0.0923. The summed E-state index contributed by atoms with van der Waals surface area (Å²) in [5.41, 5.74) is 3.56. The van der Waals surface area contributed by atoms with Gasteiger partial charge in [-0.3, -0.25) is 9.59 Å². The maximum absolute atomic E-state index is 13.1. The third kappa shape index (κ3) is 11.6. The molecule has 0 saturated heterocycles. The Hall–Kier alpha value is -2.62. The molecule has 2 aliphatic rings. The van der Waals surface area contributed by atoms with Gasteiger partial charge in [0.15, 0.2) is 0 Å². The minimum atomic E-state index is 0.0392. The van der Waals surface area contributed by atoms with Gasteiger partial charge in [0, 0.05) is 23.2 Å². The van der Waals surface area contributed by atoms with Crippen molar-refractivity contribution in [1.82, 2.24) is 10.6 Å². The summed E-state index contributed by atoms with van der Waals surface area (Å²) in [6, 6.07) is 16.4. The average Bonchev–Trinajstić information content (AvgIpc) is 3.00. The smallest absolute Gasteiger partial charge is 0.251 e. The van der Waals surface area contributed by atoms with Crippen LogP contribution in [-0.2, 0) is 0 Å². The maximum atomic E-state index is 13.1. The second-order valence-electron chi connectivity index (χ2n) is 13.0. The number of hydrogen-bond donors (Lipinski definition) is 2. The van der Waals surface area contributed by atoms with Gasteiger partial charge >= 0.3 is 0 Å². The van der Waals surface area contributed by atoms with E-state index in [2.05, 4.69) is 10.6 Å². The van der Waals surface area contributed by atoms with Crippen molar-refractivity contribution in [3.63, 3.8) is 0 Å². The van der Waals surface area contributed by atoms with Crippen LogP contribution >= 0.6 is 0 Å². The van der Waals surface area contributed by atoms with E-state index < -0.39 is 0 Å². The van der Waals surface area contributed by atoms with E-state index in [1.165, 1.54) is 116 Å². The fourth-order valence-electron chi connectivity index (χ4n) is 6.78. The first-order chi connectivity index (χ1) is 20.7.